The zero-order valence-corrected chi connectivity index (χ0v) is 24.2. The summed E-state index contributed by atoms with van der Waals surface area (Å²) >= 11 is 0. The van der Waals surface area contributed by atoms with Crippen LogP contribution in [0.3, 0.4) is 0 Å². The van der Waals surface area contributed by atoms with Crippen LogP contribution in [0.5, 0.6) is 0 Å². The van der Waals surface area contributed by atoms with Gasteiger partial charge in [0.1, 0.15) is 18.0 Å². The molecule has 1 aromatic carbocycles. The molecule has 41 heavy (non-hydrogen) atoms. The molecule has 214 valence electrons. The Balaban J connectivity index is 1.42. The van der Waals surface area contributed by atoms with Crippen LogP contribution in [0.15, 0.2) is 55.1 Å². The highest BCUT2D eigenvalue weighted by molar-refractivity contribution is 6.04. The summed E-state index contributed by atoms with van der Waals surface area (Å²) in [4.78, 5) is 28.4. The maximum atomic E-state index is 13.1. The number of anilines is 4. The van der Waals surface area contributed by atoms with Crippen LogP contribution >= 0.6 is 0 Å². The van der Waals surface area contributed by atoms with E-state index in [4.69, 9.17) is 9.84 Å². The summed E-state index contributed by atoms with van der Waals surface area (Å²) in [6.45, 7) is 12.2. The number of rotatable bonds is 8. The number of nitrogens with one attached hydrogen (secondary N) is 3. The quantitative estimate of drug-likeness (QED) is 0.288. The Labute approximate surface area is 240 Å². The second kappa shape index (κ2) is 12.0. The van der Waals surface area contributed by atoms with Gasteiger partial charge in [-0.1, -0.05) is 26.8 Å². The first kappa shape index (κ1) is 28.2. The maximum Gasteiger partial charge on any atom is 0.257 e. The fraction of sp³-hybridized carbons (Fsp3) is 0.367. The van der Waals surface area contributed by atoms with Crippen molar-refractivity contribution in [1.29, 1.82) is 0 Å². The molecule has 1 aliphatic rings. The molecule has 1 amide bonds. The monoisotopic (exact) mass is 555 g/mol. The van der Waals surface area contributed by atoms with Crippen LogP contribution in [0.25, 0.3) is 5.82 Å². The number of carbonyl (C=O) groups is 1. The molecule has 11 nitrogen and oxygen atoms in total. The molecule has 1 aliphatic heterocycles. The van der Waals surface area contributed by atoms with Crippen LogP contribution in [0.2, 0.25) is 0 Å². The van der Waals surface area contributed by atoms with Gasteiger partial charge in [0, 0.05) is 62.6 Å². The maximum absolute atomic E-state index is 13.1. The van der Waals surface area contributed by atoms with Gasteiger partial charge in [-0.3, -0.25) is 14.7 Å². The highest BCUT2D eigenvalue weighted by Crippen LogP contribution is 2.28. The van der Waals surface area contributed by atoms with Crippen molar-refractivity contribution in [3.05, 3.63) is 77.5 Å². The van der Waals surface area contributed by atoms with Crippen LogP contribution in [0, 0.1) is 6.92 Å². The molecule has 0 atom stereocenters. The fourth-order valence-electron chi connectivity index (χ4n) is 4.51. The Morgan fingerprint density at radius 1 is 1.05 bits per heavy atom. The molecule has 4 aromatic rings. The molecule has 3 aromatic heterocycles. The molecule has 3 N–H and O–H groups in total. The second-order valence-corrected chi connectivity index (χ2v) is 11.2. The van der Waals surface area contributed by atoms with E-state index in [1.54, 1.807) is 17.1 Å². The van der Waals surface area contributed by atoms with E-state index in [1.807, 2.05) is 50.4 Å². The first-order valence-electron chi connectivity index (χ1n) is 13.7. The lowest BCUT2D eigenvalue weighted by Crippen LogP contribution is -2.35. The molecule has 0 radical (unpaired) electrons. The summed E-state index contributed by atoms with van der Waals surface area (Å²) in [5, 5.41) is 14.5. The molecule has 0 bridgehead atoms. The number of nitrogens with zero attached hydrogens (tertiary/aromatic N) is 6. The number of ether oxygens (including phenoxy) is 1. The summed E-state index contributed by atoms with van der Waals surface area (Å²) in [6.07, 6.45) is 4.91. The number of carbonyl (C=O) groups excluding carboxylic acids is 1. The van der Waals surface area contributed by atoms with E-state index in [0.29, 0.717) is 29.4 Å². The molecule has 0 spiro atoms. The summed E-state index contributed by atoms with van der Waals surface area (Å²) in [6, 6.07) is 11.6. The SMILES string of the molecule is CNc1cc(-n2nc(CN3CCOCC3)cc2Nc2cc(NC(=O)c3cncc(C(C)(C)C)c3)ccc2C)ncn1. The van der Waals surface area contributed by atoms with E-state index < -0.39 is 0 Å². The van der Waals surface area contributed by atoms with E-state index in [9.17, 15) is 4.79 Å². The van der Waals surface area contributed by atoms with Gasteiger partial charge < -0.3 is 20.7 Å². The van der Waals surface area contributed by atoms with Gasteiger partial charge in [-0.05, 0) is 41.7 Å². The summed E-state index contributed by atoms with van der Waals surface area (Å²) in [7, 11) is 1.82. The lowest BCUT2D eigenvalue weighted by molar-refractivity contribution is 0.0336. The van der Waals surface area contributed by atoms with Gasteiger partial charge >= 0.3 is 0 Å². The molecule has 0 aliphatic carbocycles. The molecule has 1 saturated heterocycles. The predicted octanol–water partition coefficient (Wildman–Crippen LogP) is 4.53. The van der Waals surface area contributed by atoms with E-state index >= 15 is 0 Å². The molecule has 4 heterocycles. The minimum Gasteiger partial charge on any atom is -0.379 e. The Morgan fingerprint density at radius 3 is 2.61 bits per heavy atom. The van der Waals surface area contributed by atoms with Crippen molar-refractivity contribution in [2.75, 3.05) is 49.3 Å². The number of hydrogen-bond donors (Lipinski definition) is 3. The number of amides is 1. The summed E-state index contributed by atoms with van der Waals surface area (Å²) < 4.78 is 7.29. The van der Waals surface area contributed by atoms with Crippen LogP contribution in [-0.4, -0.2) is 68.9 Å². The third-order valence-corrected chi connectivity index (χ3v) is 7.00. The number of morpholine rings is 1. The van der Waals surface area contributed by atoms with Crippen molar-refractivity contribution in [3.63, 3.8) is 0 Å². The topological polar surface area (TPSA) is 122 Å². The van der Waals surface area contributed by atoms with E-state index in [-0.39, 0.29) is 11.3 Å². The highest BCUT2D eigenvalue weighted by Gasteiger charge is 2.19. The minimum absolute atomic E-state index is 0.106. The zero-order valence-electron chi connectivity index (χ0n) is 24.2. The minimum atomic E-state index is -0.211. The van der Waals surface area contributed by atoms with E-state index in [1.165, 1.54) is 6.33 Å². The predicted molar refractivity (Wildman–Crippen MR) is 160 cm³/mol. The first-order valence-corrected chi connectivity index (χ1v) is 13.7. The first-order chi connectivity index (χ1) is 19.7. The van der Waals surface area contributed by atoms with Gasteiger partial charge in [-0.2, -0.15) is 9.78 Å². The molecule has 1 fully saturated rings. The normalized spacial score (nSPS) is 14.1. The van der Waals surface area contributed by atoms with Gasteiger partial charge in [-0.15, -0.1) is 0 Å². The van der Waals surface area contributed by atoms with Gasteiger partial charge in [0.2, 0.25) is 0 Å². The molecular weight excluding hydrogens is 518 g/mol. The molecule has 11 heteroatoms. The number of hydrogen-bond acceptors (Lipinski definition) is 9. The van der Waals surface area contributed by atoms with Gasteiger partial charge in [0.05, 0.1) is 24.5 Å². The van der Waals surface area contributed by atoms with Gasteiger partial charge in [0.15, 0.2) is 5.82 Å². The van der Waals surface area contributed by atoms with Crippen LogP contribution in [-0.2, 0) is 16.7 Å². The third-order valence-electron chi connectivity index (χ3n) is 7.00. The Hall–Kier alpha value is -4.35. The fourth-order valence-corrected chi connectivity index (χ4v) is 4.51. The van der Waals surface area contributed by atoms with Crippen molar-refractivity contribution in [2.45, 2.75) is 39.7 Å². The number of pyridine rings is 1. The summed E-state index contributed by atoms with van der Waals surface area (Å²) in [5.41, 5.74) is 4.85. The lowest BCUT2D eigenvalue weighted by Gasteiger charge is -2.25. The third kappa shape index (κ3) is 6.87. The van der Waals surface area contributed by atoms with E-state index in [2.05, 4.69) is 56.6 Å². The van der Waals surface area contributed by atoms with E-state index in [0.717, 1.165) is 54.6 Å². The molecule has 0 unspecified atom stereocenters. The van der Waals surface area contributed by atoms with Crippen molar-refractivity contribution in [1.82, 2.24) is 29.6 Å². The molecular formula is C30H37N9O2. The summed E-state index contributed by atoms with van der Waals surface area (Å²) in [5.74, 6) is 1.87. The number of aryl methyl sites for hydroxylation is 1. The Bertz CT molecular complexity index is 1520. The van der Waals surface area contributed by atoms with Crippen molar-refractivity contribution in [3.8, 4) is 5.82 Å². The van der Waals surface area contributed by atoms with Crippen molar-refractivity contribution in [2.24, 2.45) is 0 Å². The largest absolute Gasteiger partial charge is 0.379 e. The Morgan fingerprint density at radius 2 is 1.85 bits per heavy atom. The second-order valence-electron chi connectivity index (χ2n) is 11.2. The average Bonchev–Trinajstić information content (AvgIpc) is 3.36. The van der Waals surface area contributed by atoms with Gasteiger partial charge in [0.25, 0.3) is 5.91 Å². The van der Waals surface area contributed by atoms with Crippen molar-refractivity contribution >= 4 is 28.9 Å². The lowest BCUT2D eigenvalue weighted by atomic mass is 9.87. The van der Waals surface area contributed by atoms with Crippen LogP contribution in [0.1, 0.15) is 48.0 Å². The van der Waals surface area contributed by atoms with Gasteiger partial charge in [-0.25, -0.2) is 9.97 Å². The standard InChI is InChI=1S/C30H37N9O2/c1-20-6-7-23(35-29(40)21-12-22(17-32-16-21)30(2,3)4)13-25(20)36-28-14-24(18-38-8-10-41-11-9-38)37-39(28)27-15-26(31-5)33-19-34-27/h6-7,12-17,19,36H,8-11,18H2,1-5H3,(H,35,40)(H,31,33,34). The molecule has 5 rings (SSSR count). The smallest absolute Gasteiger partial charge is 0.257 e. The number of aromatic nitrogens is 5. The van der Waals surface area contributed by atoms with Crippen molar-refractivity contribution < 1.29 is 9.53 Å². The zero-order chi connectivity index (χ0) is 29.0. The molecule has 0 saturated carbocycles. The Kier molecular flexibility index (Phi) is 8.27. The number of benzene rings is 1. The van der Waals surface area contributed by atoms with Crippen LogP contribution < -0.4 is 16.0 Å². The highest BCUT2D eigenvalue weighted by atomic mass is 16.5. The van der Waals surface area contributed by atoms with Crippen LogP contribution in [0.4, 0.5) is 23.0 Å². The average molecular weight is 556 g/mol.